The van der Waals surface area contributed by atoms with Gasteiger partial charge in [-0.05, 0) is 35.7 Å². The van der Waals surface area contributed by atoms with Gasteiger partial charge < -0.3 is 14.8 Å². The molecule has 34 heavy (non-hydrogen) atoms. The third-order valence-corrected chi connectivity index (χ3v) is 5.95. The molecule has 1 amide bonds. The number of methoxy groups -OCH3 is 2. The lowest BCUT2D eigenvalue weighted by molar-refractivity contribution is 0.102. The van der Waals surface area contributed by atoms with Crippen molar-refractivity contribution in [2.24, 2.45) is 0 Å². The summed E-state index contributed by atoms with van der Waals surface area (Å²) in [6, 6.07) is 25.5. The fourth-order valence-electron chi connectivity index (χ4n) is 4.24. The number of ether oxygens (including phenoxy) is 2. The average molecular weight is 456 g/mol. The van der Waals surface area contributed by atoms with E-state index in [1.807, 2.05) is 41.1 Å². The van der Waals surface area contributed by atoms with Crippen molar-refractivity contribution in [1.29, 1.82) is 0 Å². The first-order valence-electron chi connectivity index (χ1n) is 11.0. The number of hydrogen-bond donors (Lipinski definition) is 2. The summed E-state index contributed by atoms with van der Waals surface area (Å²) in [4.78, 5) is 17.5. The van der Waals surface area contributed by atoms with E-state index in [-0.39, 0.29) is 23.9 Å². The van der Waals surface area contributed by atoms with Crippen LogP contribution < -0.4 is 20.1 Å². The van der Waals surface area contributed by atoms with Gasteiger partial charge in [-0.3, -0.25) is 10.1 Å². The molecule has 0 unspecified atom stereocenters. The van der Waals surface area contributed by atoms with Crippen LogP contribution in [0.1, 0.15) is 40.0 Å². The minimum atomic E-state index is -0.334. The van der Waals surface area contributed by atoms with E-state index < -0.39 is 0 Å². The zero-order valence-electron chi connectivity index (χ0n) is 18.9. The van der Waals surface area contributed by atoms with Crippen molar-refractivity contribution >= 4 is 17.8 Å². The summed E-state index contributed by atoms with van der Waals surface area (Å²) in [5.74, 6) is 1.54. The topological polar surface area (TPSA) is 90.3 Å². The maximum atomic E-state index is 12.9. The van der Waals surface area contributed by atoms with Gasteiger partial charge in [0.2, 0.25) is 5.95 Å². The SMILES string of the molecule is COc1ccc(C(=O)Nc2nc3n(n2)[C@@H](c2ccccc2)C[C@H](c2ccccc2)N3)cc1OC. The van der Waals surface area contributed by atoms with E-state index in [4.69, 9.17) is 9.47 Å². The molecule has 2 heterocycles. The number of aromatic nitrogens is 3. The predicted molar refractivity (Wildman–Crippen MR) is 130 cm³/mol. The number of amides is 1. The molecule has 0 saturated heterocycles. The molecule has 0 spiro atoms. The summed E-state index contributed by atoms with van der Waals surface area (Å²) in [6.07, 6.45) is 0.799. The molecule has 0 bridgehead atoms. The second-order valence-corrected chi connectivity index (χ2v) is 8.00. The number of anilines is 2. The van der Waals surface area contributed by atoms with Gasteiger partial charge in [0.25, 0.3) is 11.9 Å². The van der Waals surface area contributed by atoms with Crippen LogP contribution in [-0.2, 0) is 0 Å². The molecule has 172 valence electrons. The summed E-state index contributed by atoms with van der Waals surface area (Å²) in [5.41, 5.74) is 2.72. The predicted octanol–water partition coefficient (Wildman–Crippen LogP) is 4.69. The van der Waals surface area contributed by atoms with Gasteiger partial charge in [-0.25, -0.2) is 4.68 Å². The fraction of sp³-hybridized carbons (Fsp3) is 0.192. The maximum Gasteiger partial charge on any atom is 0.258 e. The highest BCUT2D eigenvalue weighted by Crippen LogP contribution is 2.38. The van der Waals surface area contributed by atoms with Crippen LogP contribution in [0.2, 0.25) is 0 Å². The molecule has 4 aromatic rings. The molecule has 1 aliphatic rings. The molecule has 3 aromatic carbocycles. The lowest BCUT2D eigenvalue weighted by Crippen LogP contribution is -2.28. The van der Waals surface area contributed by atoms with E-state index in [1.54, 1.807) is 25.3 Å². The summed E-state index contributed by atoms with van der Waals surface area (Å²) >= 11 is 0. The maximum absolute atomic E-state index is 12.9. The Morgan fingerprint density at radius 1 is 0.941 bits per heavy atom. The van der Waals surface area contributed by atoms with Gasteiger partial charge in [-0.15, -0.1) is 5.10 Å². The van der Waals surface area contributed by atoms with Crippen LogP contribution in [0.25, 0.3) is 0 Å². The molecule has 0 aliphatic carbocycles. The molecule has 8 nitrogen and oxygen atoms in total. The van der Waals surface area contributed by atoms with E-state index in [9.17, 15) is 4.79 Å². The van der Waals surface area contributed by atoms with Crippen molar-refractivity contribution in [1.82, 2.24) is 14.8 Å². The van der Waals surface area contributed by atoms with Crippen molar-refractivity contribution in [2.75, 3.05) is 24.9 Å². The van der Waals surface area contributed by atoms with Crippen LogP contribution in [0.5, 0.6) is 11.5 Å². The number of nitrogens with zero attached hydrogens (tertiary/aromatic N) is 3. The number of benzene rings is 3. The smallest absolute Gasteiger partial charge is 0.258 e. The van der Waals surface area contributed by atoms with Gasteiger partial charge in [-0.1, -0.05) is 60.7 Å². The van der Waals surface area contributed by atoms with Crippen molar-refractivity contribution < 1.29 is 14.3 Å². The number of hydrogen-bond acceptors (Lipinski definition) is 6. The Morgan fingerprint density at radius 2 is 1.62 bits per heavy atom. The number of carbonyl (C=O) groups is 1. The van der Waals surface area contributed by atoms with Gasteiger partial charge in [0.15, 0.2) is 11.5 Å². The van der Waals surface area contributed by atoms with Crippen LogP contribution >= 0.6 is 0 Å². The summed E-state index contributed by atoms with van der Waals surface area (Å²) in [6.45, 7) is 0. The molecule has 8 heteroatoms. The summed E-state index contributed by atoms with van der Waals surface area (Å²) < 4.78 is 12.4. The first-order valence-corrected chi connectivity index (χ1v) is 11.0. The molecule has 2 N–H and O–H groups in total. The molecule has 5 rings (SSSR count). The number of rotatable bonds is 6. The molecular formula is C26H25N5O3. The monoisotopic (exact) mass is 455 g/mol. The Hall–Kier alpha value is -4.33. The van der Waals surface area contributed by atoms with Gasteiger partial charge in [-0.2, -0.15) is 4.98 Å². The van der Waals surface area contributed by atoms with Gasteiger partial charge in [0.05, 0.1) is 26.3 Å². The van der Waals surface area contributed by atoms with Gasteiger partial charge in [0, 0.05) is 5.56 Å². The van der Waals surface area contributed by atoms with Crippen molar-refractivity contribution in [3.8, 4) is 11.5 Å². The highest BCUT2D eigenvalue weighted by atomic mass is 16.5. The standard InChI is InChI=1S/C26H25N5O3/c1-33-22-14-13-19(15-23(22)34-2)24(32)28-25-29-26-27-20(17-9-5-3-6-10-17)16-21(31(26)30-25)18-11-7-4-8-12-18/h3-15,20-21H,16H2,1-2H3,(H2,27,28,29,30,32)/t20-,21-/m1/s1. The van der Waals surface area contributed by atoms with Gasteiger partial charge >= 0.3 is 0 Å². The number of nitrogens with one attached hydrogen (secondary N) is 2. The lowest BCUT2D eigenvalue weighted by atomic mass is 9.93. The molecule has 1 aliphatic heterocycles. The van der Waals surface area contributed by atoms with Crippen LogP contribution in [0.3, 0.4) is 0 Å². The third kappa shape index (κ3) is 4.17. The van der Waals surface area contributed by atoms with Crippen molar-refractivity contribution in [3.63, 3.8) is 0 Å². The van der Waals surface area contributed by atoms with Crippen LogP contribution in [0, 0.1) is 0 Å². The van der Waals surface area contributed by atoms with Crippen LogP contribution in [0.4, 0.5) is 11.9 Å². The van der Waals surface area contributed by atoms with Crippen molar-refractivity contribution in [2.45, 2.75) is 18.5 Å². The number of carbonyl (C=O) groups excluding carboxylic acids is 1. The minimum absolute atomic E-state index is 0.0260. The molecule has 1 aromatic heterocycles. The second-order valence-electron chi connectivity index (χ2n) is 8.00. The Morgan fingerprint density at radius 3 is 2.29 bits per heavy atom. The Kier molecular flexibility index (Phi) is 5.86. The summed E-state index contributed by atoms with van der Waals surface area (Å²) in [5, 5.41) is 10.9. The lowest BCUT2D eigenvalue weighted by Gasteiger charge is -2.31. The average Bonchev–Trinajstić information content (AvgIpc) is 3.30. The van der Waals surface area contributed by atoms with Crippen LogP contribution in [0.15, 0.2) is 78.9 Å². The van der Waals surface area contributed by atoms with Gasteiger partial charge in [0.1, 0.15) is 0 Å². The third-order valence-electron chi connectivity index (χ3n) is 5.95. The quantitative estimate of drug-likeness (QED) is 0.438. The van der Waals surface area contributed by atoms with E-state index in [0.717, 1.165) is 12.0 Å². The largest absolute Gasteiger partial charge is 0.493 e. The van der Waals surface area contributed by atoms with E-state index >= 15 is 0 Å². The minimum Gasteiger partial charge on any atom is -0.493 e. The summed E-state index contributed by atoms with van der Waals surface area (Å²) in [7, 11) is 3.08. The van der Waals surface area contributed by atoms with Crippen molar-refractivity contribution in [3.05, 3.63) is 95.6 Å². The zero-order valence-corrected chi connectivity index (χ0v) is 18.9. The molecule has 0 fully saturated rings. The number of fused-ring (bicyclic) bond motifs is 1. The Balaban J connectivity index is 1.45. The fourth-order valence-corrected chi connectivity index (χ4v) is 4.24. The first-order chi connectivity index (χ1) is 16.7. The first kappa shape index (κ1) is 21.5. The Bertz CT molecular complexity index is 1290. The van der Waals surface area contributed by atoms with E-state index in [0.29, 0.717) is 23.0 Å². The second kappa shape index (κ2) is 9.27. The highest BCUT2D eigenvalue weighted by molar-refractivity contribution is 6.03. The molecule has 2 atom stereocenters. The van der Waals surface area contributed by atoms with E-state index in [1.165, 1.54) is 12.7 Å². The molecule has 0 saturated carbocycles. The zero-order chi connectivity index (χ0) is 23.5. The van der Waals surface area contributed by atoms with Crippen LogP contribution in [-0.4, -0.2) is 34.9 Å². The normalized spacial score (nSPS) is 16.8. The molecule has 0 radical (unpaired) electrons. The van der Waals surface area contributed by atoms with E-state index in [2.05, 4.69) is 45.0 Å². The molecular weight excluding hydrogens is 430 g/mol. The highest BCUT2D eigenvalue weighted by Gasteiger charge is 2.31. The Labute approximate surface area is 197 Å².